The summed E-state index contributed by atoms with van der Waals surface area (Å²) < 4.78 is 0. The first kappa shape index (κ1) is 19.5. The van der Waals surface area contributed by atoms with Crippen LogP contribution in [0.4, 0.5) is 0 Å². The van der Waals surface area contributed by atoms with Gasteiger partial charge in [-0.2, -0.15) is 0 Å². The van der Waals surface area contributed by atoms with Crippen molar-refractivity contribution in [1.29, 1.82) is 0 Å². The summed E-state index contributed by atoms with van der Waals surface area (Å²) in [5.74, 6) is 1.32. The number of rotatable bonds is 14. The van der Waals surface area contributed by atoms with E-state index in [1.165, 1.54) is 69.9 Å². The van der Waals surface area contributed by atoms with Gasteiger partial charge in [0.05, 0.1) is 0 Å². The fourth-order valence-corrected chi connectivity index (χ4v) is 2.41. The summed E-state index contributed by atoms with van der Waals surface area (Å²) in [5.41, 5.74) is 1.18. The van der Waals surface area contributed by atoms with Gasteiger partial charge in [-0.3, -0.25) is 0 Å². The number of hydrogen-bond donors (Lipinski definition) is 1. The van der Waals surface area contributed by atoms with Crippen molar-refractivity contribution in [2.24, 2.45) is 11.8 Å². The van der Waals surface area contributed by atoms with Crippen LogP contribution >= 0.6 is 0 Å². The number of nitrogens with one attached hydrogen (secondary N) is 1. The van der Waals surface area contributed by atoms with Gasteiger partial charge in [-0.1, -0.05) is 92.1 Å². The maximum absolute atomic E-state index is 4.07. The van der Waals surface area contributed by atoms with Gasteiger partial charge in [-0.05, 0) is 18.3 Å². The van der Waals surface area contributed by atoms with Crippen LogP contribution in [0.1, 0.15) is 91.9 Å². The summed E-state index contributed by atoms with van der Waals surface area (Å²) in [6.45, 7) is 14.2. The Kier molecular flexibility index (Phi) is 13.2. The zero-order valence-electron chi connectivity index (χ0n) is 14.6. The molecule has 0 aromatic rings. The molecule has 1 nitrogen and oxygen atoms in total. The Balaban J connectivity index is 3.27. The average Bonchev–Trinajstić information content (AvgIpc) is 2.42. The number of unbranched alkanes of at least 4 members (excludes halogenated alkanes) is 8. The van der Waals surface area contributed by atoms with Crippen LogP contribution in [0.15, 0.2) is 12.3 Å². The monoisotopic (exact) mass is 281 g/mol. The molecule has 0 aromatic heterocycles. The van der Waals surface area contributed by atoms with Crippen molar-refractivity contribution in [3.05, 3.63) is 12.3 Å². The molecule has 0 saturated carbocycles. The van der Waals surface area contributed by atoms with Gasteiger partial charge in [0, 0.05) is 12.2 Å². The minimum atomic E-state index is 0.551. The highest BCUT2D eigenvalue weighted by Crippen LogP contribution is 2.13. The first-order chi connectivity index (χ1) is 9.57. The van der Waals surface area contributed by atoms with Crippen molar-refractivity contribution >= 4 is 0 Å². The van der Waals surface area contributed by atoms with E-state index in [9.17, 15) is 0 Å². The van der Waals surface area contributed by atoms with E-state index < -0.39 is 0 Å². The van der Waals surface area contributed by atoms with Crippen LogP contribution in [0.5, 0.6) is 0 Å². The Morgan fingerprint density at radius 3 is 1.85 bits per heavy atom. The topological polar surface area (TPSA) is 12.0 Å². The molecule has 0 aliphatic carbocycles. The maximum atomic E-state index is 4.07. The standard InChI is InChI=1S/C19H39N/c1-6-7-8-9-10-11-12-13-14-15-18(4)16-20-19(5)17(2)3/h17-18,20H,5-16H2,1-4H3. The summed E-state index contributed by atoms with van der Waals surface area (Å²) in [5, 5.41) is 3.47. The summed E-state index contributed by atoms with van der Waals surface area (Å²) in [6, 6.07) is 0. The lowest BCUT2D eigenvalue weighted by atomic mass is 10.0. The van der Waals surface area contributed by atoms with E-state index in [1.807, 2.05) is 0 Å². The largest absolute Gasteiger partial charge is 0.388 e. The van der Waals surface area contributed by atoms with Crippen molar-refractivity contribution in [2.75, 3.05) is 6.54 Å². The molecule has 0 bridgehead atoms. The Labute approximate surface area is 128 Å². The second-order valence-corrected chi connectivity index (χ2v) is 6.78. The molecule has 0 aliphatic rings. The molecule has 1 unspecified atom stereocenters. The average molecular weight is 282 g/mol. The van der Waals surface area contributed by atoms with Crippen LogP contribution in [0.2, 0.25) is 0 Å². The molecule has 0 amide bonds. The van der Waals surface area contributed by atoms with Crippen molar-refractivity contribution in [3.63, 3.8) is 0 Å². The maximum Gasteiger partial charge on any atom is 0.0169 e. The molecule has 1 atom stereocenters. The van der Waals surface area contributed by atoms with Crippen LogP contribution < -0.4 is 5.32 Å². The SMILES string of the molecule is C=C(NCC(C)CCCCCCCCCCC)C(C)C. The second-order valence-electron chi connectivity index (χ2n) is 6.78. The molecule has 0 heterocycles. The highest BCUT2D eigenvalue weighted by Gasteiger charge is 2.04. The fraction of sp³-hybridized carbons (Fsp3) is 0.895. The van der Waals surface area contributed by atoms with Crippen LogP contribution in [0.25, 0.3) is 0 Å². The molecule has 0 fully saturated rings. The molecular formula is C19H39N. The normalized spacial score (nSPS) is 12.7. The van der Waals surface area contributed by atoms with E-state index >= 15 is 0 Å². The first-order valence-electron chi connectivity index (χ1n) is 9.00. The quantitative estimate of drug-likeness (QED) is 0.368. The van der Waals surface area contributed by atoms with Gasteiger partial charge in [-0.25, -0.2) is 0 Å². The van der Waals surface area contributed by atoms with Gasteiger partial charge < -0.3 is 5.32 Å². The van der Waals surface area contributed by atoms with E-state index in [1.54, 1.807) is 0 Å². The van der Waals surface area contributed by atoms with Gasteiger partial charge in [0.1, 0.15) is 0 Å². The summed E-state index contributed by atoms with van der Waals surface area (Å²) in [6.07, 6.45) is 14.2. The van der Waals surface area contributed by atoms with Gasteiger partial charge in [-0.15, -0.1) is 0 Å². The van der Waals surface area contributed by atoms with E-state index in [-0.39, 0.29) is 0 Å². The highest BCUT2D eigenvalue weighted by atomic mass is 14.9. The molecule has 20 heavy (non-hydrogen) atoms. The molecule has 120 valence electrons. The number of hydrogen-bond acceptors (Lipinski definition) is 1. The molecule has 0 saturated heterocycles. The summed E-state index contributed by atoms with van der Waals surface area (Å²) in [7, 11) is 0. The lowest BCUT2D eigenvalue weighted by molar-refractivity contribution is 0.457. The van der Waals surface area contributed by atoms with Crippen molar-refractivity contribution in [3.8, 4) is 0 Å². The van der Waals surface area contributed by atoms with Gasteiger partial charge in [0.15, 0.2) is 0 Å². The molecule has 0 radical (unpaired) electrons. The Hall–Kier alpha value is -0.460. The van der Waals surface area contributed by atoms with E-state index in [0.29, 0.717) is 5.92 Å². The lowest BCUT2D eigenvalue weighted by Gasteiger charge is -2.17. The molecule has 0 spiro atoms. The van der Waals surface area contributed by atoms with Gasteiger partial charge >= 0.3 is 0 Å². The van der Waals surface area contributed by atoms with E-state index in [4.69, 9.17) is 0 Å². The van der Waals surface area contributed by atoms with Crippen molar-refractivity contribution in [1.82, 2.24) is 5.32 Å². The van der Waals surface area contributed by atoms with Crippen LogP contribution in [0.3, 0.4) is 0 Å². The molecular weight excluding hydrogens is 242 g/mol. The predicted octanol–water partition coefficient (Wildman–Crippen LogP) is 6.30. The van der Waals surface area contributed by atoms with Crippen molar-refractivity contribution < 1.29 is 0 Å². The number of allylic oxidation sites excluding steroid dienone is 1. The Morgan fingerprint density at radius 2 is 1.35 bits per heavy atom. The van der Waals surface area contributed by atoms with E-state index in [0.717, 1.165) is 12.5 Å². The van der Waals surface area contributed by atoms with Crippen LogP contribution in [-0.4, -0.2) is 6.54 Å². The zero-order chi connectivity index (χ0) is 15.2. The van der Waals surface area contributed by atoms with E-state index in [2.05, 4.69) is 39.6 Å². The zero-order valence-corrected chi connectivity index (χ0v) is 14.6. The highest BCUT2D eigenvalue weighted by molar-refractivity contribution is 4.94. The Bertz CT molecular complexity index is 220. The van der Waals surface area contributed by atoms with Gasteiger partial charge in [0.25, 0.3) is 0 Å². The van der Waals surface area contributed by atoms with Crippen LogP contribution in [0, 0.1) is 11.8 Å². The summed E-state index contributed by atoms with van der Waals surface area (Å²) in [4.78, 5) is 0. The third kappa shape index (κ3) is 12.6. The lowest BCUT2D eigenvalue weighted by Crippen LogP contribution is -2.22. The van der Waals surface area contributed by atoms with Gasteiger partial charge in [0.2, 0.25) is 0 Å². The molecule has 0 rings (SSSR count). The Morgan fingerprint density at radius 1 is 0.850 bits per heavy atom. The first-order valence-corrected chi connectivity index (χ1v) is 9.00. The third-order valence-corrected chi connectivity index (χ3v) is 4.17. The smallest absolute Gasteiger partial charge is 0.0169 e. The second kappa shape index (κ2) is 13.5. The van der Waals surface area contributed by atoms with Crippen LogP contribution in [-0.2, 0) is 0 Å². The molecule has 1 heteroatoms. The molecule has 0 aromatic carbocycles. The minimum Gasteiger partial charge on any atom is -0.388 e. The molecule has 0 aliphatic heterocycles. The predicted molar refractivity (Wildman–Crippen MR) is 93.0 cm³/mol. The van der Waals surface area contributed by atoms with Crippen molar-refractivity contribution in [2.45, 2.75) is 91.9 Å². The third-order valence-electron chi connectivity index (χ3n) is 4.17. The molecule has 1 N–H and O–H groups in total. The summed E-state index contributed by atoms with van der Waals surface area (Å²) >= 11 is 0. The minimum absolute atomic E-state index is 0.551. The fourth-order valence-electron chi connectivity index (χ4n) is 2.41.